The zero-order chi connectivity index (χ0) is 15.9. The lowest BCUT2D eigenvalue weighted by Gasteiger charge is -2.42. The lowest BCUT2D eigenvalue weighted by molar-refractivity contribution is -0.144. The number of rotatable bonds is 7. The van der Waals surface area contributed by atoms with Crippen LogP contribution in [0.5, 0.6) is 0 Å². The van der Waals surface area contributed by atoms with Crippen LogP contribution in [0.15, 0.2) is 0 Å². The topological polar surface area (TPSA) is 85.9 Å². The SMILES string of the molecule is CCCOC(=O)CNC1(CNC(=O)OC(C)(C)C)COC1. The first-order valence-electron chi connectivity index (χ1n) is 7.22. The van der Waals surface area contributed by atoms with Crippen LogP contribution in [0.1, 0.15) is 34.1 Å². The Morgan fingerprint density at radius 2 is 1.95 bits per heavy atom. The molecular formula is C14H26N2O5. The van der Waals surface area contributed by atoms with Crippen molar-refractivity contribution in [3.63, 3.8) is 0 Å². The summed E-state index contributed by atoms with van der Waals surface area (Å²) in [6.45, 7) is 9.06. The Balaban J connectivity index is 2.32. The second kappa shape index (κ2) is 7.61. The number of carbonyl (C=O) groups is 2. The van der Waals surface area contributed by atoms with Crippen molar-refractivity contribution < 1.29 is 23.8 Å². The van der Waals surface area contributed by atoms with Crippen LogP contribution >= 0.6 is 0 Å². The Morgan fingerprint density at radius 3 is 2.43 bits per heavy atom. The van der Waals surface area contributed by atoms with E-state index in [0.717, 1.165) is 6.42 Å². The molecule has 1 aliphatic heterocycles. The predicted molar refractivity (Wildman–Crippen MR) is 77.0 cm³/mol. The minimum Gasteiger partial charge on any atom is -0.465 e. The average Bonchev–Trinajstić information content (AvgIpc) is 2.32. The summed E-state index contributed by atoms with van der Waals surface area (Å²) in [6.07, 6.45) is 0.310. The van der Waals surface area contributed by atoms with Gasteiger partial charge in [0.15, 0.2) is 0 Å². The third-order valence-corrected chi connectivity index (χ3v) is 2.80. The molecule has 1 aliphatic rings. The largest absolute Gasteiger partial charge is 0.465 e. The summed E-state index contributed by atoms with van der Waals surface area (Å²) < 4.78 is 15.3. The molecule has 1 amide bonds. The third-order valence-electron chi connectivity index (χ3n) is 2.80. The lowest BCUT2D eigenvalue weighted by Crippen LogP contribution is -2.66. The Bertz CT molecular complexity index is 361. The van der Waals surface area contributed by atoms with Crippen LogP contribution in [-0.4, -0.2) is 56.1 Å². The van der Waals surface area contributed by atoms with Crippen LogP contribution in [-0.2, 0) is 19.0 Å². The Kier molecular flexibility index (Phi) is 6.42. The highest BCUT2D eigenvalue weighted by Crippen LogP contribution is 2.16. The summed E-state index contributed by atoms with van der Waals surface area (Å²) >= 11 is 0. The van der Waals surface area contributed by atoms with E-state index in [1.165, 1.54) is 0 Å². The maximum Gasteiger partial charge on any atom is 0.407 e. The highest BCUT2D eigenvalue weighted by Gasteiger charge is 2.39. The minimum absolute atomic E-state index is 0.0966. The summed E-state index contributed by atoms with van der Waals surface area (Å²) in [5, 5.41) is 5.78. The van der Waals surface area contributed by atoms with Crippen molar-refractivity contribution in [2.45, 2.75) is 45.3 Å². The summed E-state index contributed by atoms with van der Waals surface area (Å²) in [4.78, 5) is 23.1. The van der Waals surface area contributed by atoms with Gasteiger partial charge < -0.3 is 19.5 Å². The van der Waals surface area contributed by atoms with Gasteiger partial charge in [0.25, 0.3) is 0 Å². The number of ether oxygens (including phenoxy) is 3. The molecule has 0 aromatic carbocycles. The maximum atomic E-state index is 11.6. The highest BCUT2D eigenvalue weighted by molar-refractivity contribution is 5.72. The van der Waals surface area contributed by atoms with Gasteiger partial charge in [0, 0.05) is 6.54 Å². The van der Waals surface area contributed by atoms with Crippen molar-refractivity contribution in [3.8, 4) is 0 Å². The molecule has 2 N–H and O–H groups in total. The molecule has 0 atom stereocenters. The van der Waals surface area contributed by atoms with Gasteiger partial charge >= 0.3 is 12.1 Å². The van der Waals surface area contributed by atoms with Gasteiger partial charge in [0.1, 0.15) is 5.60 Å². The Labute approximate surface area is 125 Å². The summed E-state index contributed by atoms with van der Waals surface area (Å²) in [5.74, 6) is -0.305. The molecule has 1 rings (SSSR count). The van der Waals surface area contributed by atoms with E-state index < -0.39 is 17.2 Å². The zero-order valence-electron chi connectivity index (χ0n) is 13.3. The van der Waals surface area contributed by atoms with Gasteiger partial charge in [-0.3, -0.25) is 10.1 Å². The van der Waals surface area contributed by atoms with Crippen molar-refractivity contribution >= 4 is 12.1 Å². The quantitative estimate of drug-likeness (QED) is 0.677. The molecule has 122 valence electrons. The van der Waals surface area contributed by atoms with Crippen LogP contribution in [0.4, 0.5) is 4.79 Å². The second-order valence-electron chi connectivity index (χ2n) is 6.20. The van der Waals surface area contributed by atoms with E-state index in [1.54, 1.807) is 20.8 Å². The number of hydrogen-bond donors (Lipinski definition) is 2. The molecule has 1 heterocycles. The van der Waals surface area contributed by atoms with Crippen LogP contribution in [0.25, 0.3) is 0 Å². The summed E-state index contributed by atoms with van der Waals surface area (Å²) in [6, 6.07) is 0. The first kappa shape index (κ1) is 17.7. The number of esters is 1. The van der Waals surface area contributed by atoms with Crippen molar-refractivity contribution in [2.24, 2.45) is 0 Å². The van der Waals surface area contributed by atoms with Crippen LogP contribution in [0, 0.1) is 0 Å². The van der Waals surface area contributed by atoms with Crippen LogP contribution < -0.4 is 10.6 Å². The molecule has 0 aromatic rings. The minimum atomic E-state index is -0.537. The van der Waals surface area contributed by atoms with E-state index in [0.29, 0.717) is 26.4 Å². The maximum absolute atomic E-state index is 11.6. The van der Waals surface area contributed by atoms with Gasteiger partial charge in [-0.25, -0.2) is 4.79 Å². The van der Waals surface area contributed by atoms with E-state index in [1.807, 2.05) is 6.92 Å². The average molecular weight is 302 g/mol. The molecule has 0 bridgehead atoms. The Morgan fingerprint density at radius 1 is 1.29 bits per heavy atom. The third kappa shape index (κ3) is 6.77. The molecule has 21 heavy (non-hydrogen) atoms. The number of amides is 1. The molecule has 0 spiro atoms. The molecule has 1 fully saturated rings. The number of nitrogens with one attached hydrogen (secondary N) is 2. The monoisotopic (exact) mass is 302 g/mol. The van der Waals surface area contributed by atoms with Gasteiger partial charge in [-0.2, -0.15) is 0 Å². The van der Waals surface area contributed by atoms with E-state index in [9.17, 15) is 9.59 Å². The predicted octanol–water partition coefficient (Wildman–Crippen LogP) is 0.823. The Hall–Kier alpha value is -1.34. The zero-order valence-corrected chi connectivity index (χ0v) is 13.3. The van der Waals surface area contributed by atoms with Crippen LogP contribution in [0.3, 0.4) is 0 Å². The van der Waals surface area contributed by atoms with Crippen molar-refractivity contribution in [1.82, 2.24) is 10.6 Å². The molecule has 0 aromatic heterocycles. The van der Waals surface area contributed by atoms with Crippen LogP contribution in [0.2, 0.25) is 0 Å². The van der Waals surface area contributed by atoms with E-state index in [2.05, 4.69) is 10.6 Å². The summed E-state index contributed by atoms with van der Waals surface area (Å²) in [7, 11) is 0. The fraction of sp³-hybridized carbons (Fsp3) is 0.857. The normalized spacial score (nSPS) is 16.8. The lowest BCUT2D eigenvalue weighted by atomic mass is 9.97. The molecule has 7 nitrogen and oxygen atoms in total. The molecule has 0 unspecified atom stereocenters. The van der Waals surface area contributed by atoms with E-state index >= 15 is 0 Å². The highest BCUT2D eigenvalue weighted by atomic mass is 16.6. The number of alkyl carbamates (subject to hydrolysis) is 1. The van der Waals surface area contributed by atoms with Crippen molar-refractivity contribution in [1.29, 1.82) is 0 Å². The van der Waals surface area contributed by atoms with E-state index in [4.69, 9.17) is 14.2 Å². The van der Waals surface area contributed by atoms with Gasteiger partial charge in [-0.15, -0.1) is 0 Å². The van der Waals surface area contributed by atoms with Gasteiger partial charge in [0.05, 0.1) is 31.9 Å². The fourth-order valence-electron chi connectivity index (χ4n) is 1.70. The first-order valence-corrected chi connectivity index (χ1v) is 7.22. The molecule has 0 aliphatic carbocycles. The first-order chi connectivity index (χ1) is 9.76. The molecule has 7 heteroatoms. The van der Waals surface area contributed by atoms with Crippen molar-refractivity contribution in [2.75, 3.05) is 32.9 Å². The second-order valence-corrected chi connectivity index (χ2v) is 6.20. The summed E-state index contributed by atoms with van der Waals surface area (Å²) in [5.41, 5.74) is -0.965. The van der Waals surface area contributed by atoms with Gasteiger partial charge in [0.2, 0.25) is 0 Å². The molecule has 1 saturated heterocycles. The fourth-order valence-corrected chi connectivity index (χ4v) is 1.70. The molecular weight excluding hydrogens is 276 g/mol. The molecule has 0 radical (unpaired) electrons. The van der Waals surface area contributed by atoms with E-state index in [-0.39, 0.29) is 12.5 Å². The number of carbonyl (C=O) groups excluding carboxylic acids is 2. The van der Waals surface area contributed by atoms with Gasteiger partial charge in [-0.1, -0.05) is 6.92 Å². The number of hydrogen-bond acceptors (Lipinski definition) is 6. The smallest absolute Gasteiger partial charge is 0.407 e. The standard InChI is InChI=1S/C14H26N2O5/c1-5-6-20-11(17)7-16-14(9-19-10-14)8-15-12(18)21-13(2,3)4/h16H,5-10H2,1-4H3,(H,15,18). The van der Waals surface area contributed by atoms with Crippen molar-refractivity contribution in [3.05, 3.63) is 0 Å². The van der Waals surface area contributed by atoms with Gasteiger partial charge in [-0.05, 0) is 27.2 Å². The molecule has 0 saturated carbocycles.